The molecule has 19 N–H and O–H groups in total. The first-order valence-electron chi connectivity index (χ1n) is 34.5. The van der Waals surface area contributed by atoms with Crippen molar-refractivity contribution in [3.8, 4) is 5.75 Å². The second-order valence-electron chi connectivity index (χ2n) is 25.6. The van der Waals surface area contributed by atoms with Crippen molar-refractivity contribution in [2.75, 3.05) is 33.3 Å². The predicted molar refractivity (Wildman–Crippen MR) is 388 cm³/mol. The van der Waals surface area contributed by atoms with Gasteiger partial charge in [-0.3, -0.25) is 62.7 Å². The molecule has 31 nitrogen and oxygen atoms in total. The summed E-state index contributed by atoms with van der Waals surface area (Å²) in [7, 11) is 1.22. The number of primary amides is 2. The third-order valence-corrected chi connectivity index (χ3v) is 17.8. The zero-order valence-corrected chi connectivity index (χ0v) is 59.5. The van der Waals surface area contributed by atoms with E-state index < -0.39 is 138 Å². The molecule has 5 aromatic rings. The number of phenols is 1. The summed E-state index contributed by atoms with van der Waals surface area (Å²) >= 11 is 6.24. The molecule has 0 bridgehead atoms. The number of rotatable bonds is 40. The number of carbonyl (C=O) groups excluding carboxylic acids is 12. The number of nitrogens with zero attached hydrogens (tertiary/aromatic N) is 4. The van der Waals surface area contributed by atoms with Crippen LogP contribution in [0.25, 0.3) is 10.8 Å². The molecule has 0 unspecified atom stereocenters. The molecular weight excluding hydrogens is 1360 g/mol. The zero-order chi connectivity index (χ0) is 76.0. The van der Waals surface area contributed by atoms with Crippen LogP contribution < -0.4 is 70.8 Å². The molecule has 1 saturated heterocycles. The smallest absolute Gasteiger partial charge is 0.312 e. The Bertz CT molecular complexity index is 3810. The number of aromatic hydroxyl groups is 1. The number of amides is 13. The minimum Gasteiger partial charge on any atom is -0.508 e. The number of urea groups is 1. The number of hydrogen-bond donors (Lipinski definition) is 15. The van der Waals surface area contributed by atoms with E-state index >= 15 is 4.79 Å². The number of halogens is 1. The molecule has 10 atom stereocenters. The van der Waals surface area contributed by atoms with Crippen molar-refractivity contribution in [1.29, 1.82) is 0 Å². The molecule has 0 spiro atoms. The number of aliphatic hydroxyl groups is 1. The maximum atomic E-state index is 15.1. The van der Waals surface area contributed by atoms with Gasteiger partial charge in [-0.25, -0.2) is 4.79 Å². The fourth-order valence-electron chi connectivity index (χ4n) is 11.8. The average Bonchev–Trinajstić information content (AvgIpc) is 1.53. The van der Waals surface area contributed by atoms with E-state index in [4.69, 9.17) is 34.5 Å². The third-order valence-electron chi connectivity index (χ3n) is 17.5. The number of aliphatic imine (C=N–C) groups is 1. The summed E-state index contributed by atoms with van der Waals surface area (Å²) in [5.74, 6) is -9.21. The Kier molecular flexibility index (Phi) is 32.5. The Morgan fingerprint density at radius 2 is 1.14 bits per heavy atom. The Labute approximate surface area is 607 Å². The highest BCUT2D eigenvalue weighted by molar-refractivity contribution is 6.30. The zero-order valence-electron chi connectivity index (χ0n) is 58.7. The van der Waals surface area contributed by atoms with Gasteiger partial charge < -0.3 is 90.8 Å². The molecule has 560 valence electrons. The van der Waals surface area contributed by atoms with Gasteiger partial charge in [0.25, 0.3) is 0 Å². The van der Waals surface area contributed by atoms with Crippen LogP contribution in [0.15, 0.2) is 121 Å². The quantitative estimate of drug-likeness (QED) is 0.0141. The van der Waals surface area contributed by atoms with Gasteiger partial charge in [0, 0.05) is 76.7 Å². The first-order chi connectivity index (χ1) is 49.6. The number of guanidine groups is 1. The monoisotopic (exact) mass is 1460 g/mol. The number of phenolic OH excluding ortho intramolecular Hbond substituents is 1. The lowest BCUT2D eigenvalue weighted by Gasteiger charge is -2.33. The lowest BCUT2D eigenvalue weighted by Crippen LogP contribution is -2.61. The van der Waals surface area contributed by atoms with E-state index in [2.05, 4.69) is 57.8 Å². The molecule has 0 radical (unpaired) electrons. The van der Waals surface area contributed by atoms with Crippen molar-refractivity contribution in [2.24, 2.45) is 27.9 Å². The largest absolute Gasteiger partial charge is 0.508 e. The second-order valence-corrected chi connectivity index (χ2v) is 26.1. The predicted octanol–water partition coefficient (Wildman–Crippen LogP) is 0.161. The van der Waals surface area contributed by atoms with E-state index in [1.807, 2.05) is 49.4 Å². The number of nitrogens with two attached hydrogens (primary N) is 4. The number of nitrogens with one attached hydrogen (secondary N) is 9. The van der Waals surface area contributed by atoms with E-state index in [0.717, 1.165) is 15.7 Å². The second kappa shape index (κ2) is 41.2. The fourth-order valence-corrected chi connectivity index (χ4v) is 12.0. The van der Waals surface area contributed by atoms with Crippen LogP contribution in [0.1, 0.15) is 107 Å². The van der Waals surface area contributed by atoms with E-state index in [1.54, 1.807) is 36.4 Å². The maximum absolute atomic E-state index is 15.1. The molecule has 1 fully saturated rings. The van der Waals surface area contributed by atoms with Gasteiger partial charge in [-0.15, -0.1) is 0 Å². The summed E-state index contributed by atoms with van der Waals surface area (Å²) < 4.78 is 0. The first kappa shape index (κ1) is 82.0. The molecule has 1 aromatic heterocycles. The normalized spacial score (nSPS) is 15.1. The molecular formula is C72H96ClN17O14. The molecule has 13 amide bonds. The van der Waals surface area contributed by atoms with Gasteiger partial charge in [0.05, 0.1) is 6.61 Å². The van der Waals surface area contributed by atoms with Gasteiger partial charge in [0.1, 0.15) is 66.2 Å². The highest BCUT2D eigenvalue weighted by atomic mass is 35.5. The SMILES string of the molecule is CCCC[C@H](NC(=O)[C@@H](CCCCNC(N)=O)NC(=O)[C@H](Cc1ccc(O)cc1)N(C)C(=O)[C@H](CO)NC(=O)[C@@H](Cc1cccnc1)NC(=O)[C@@H](Cc1ccc(Cl)cc1)NC(=O)[C@H](Cc1ccc2ccccc2c1)NC(C)=O)C(=O)N[C@@H](CCCN=C(N)N)C(=O)N1CCC[C@H]1C(=O)N[C@H](C)C(N)=O. The van der Waals surface area contributed by atoms with Crippen LogP contribution in [-0.2, 0) is 78.4 Å². The highest BCUT2D eigenvalue weighted by Crippen LogP contribution is 2.23. The molecule has 32 heteroatoms. The number of fused-ring (bicyclic) bond motifs is 1. The van der Waals surface area contributed by atoms with Gasteiger partial charge in [-0.1, -0.05) is 104 Å². The number of likely N-dealkylation sites (tertiary alicyclic amines) is 1. The van der Waals surface area contributed by atoms with E-state index in [1.165, 1.54) is 62.5 Å². The Morgan fingerprint density at radius 3 is 1.74 bits per heavy atom. The molecule has 0 aliphatic carbocycles. The van der Waals surface area contributed by atoms with Crippen LogP contribution in [0.4, 0.5) is 4.79 Å². The van der Waals surface area contributed by atoms with E-state index in [0.29, 0.717) is 46.5 Å². The van der Waals surface area contributed by atoms with Crippen molar-refractivity contribution < 1.29 is 67.7 Å². The summed E-state index contributed by atoms with van der Waals surface area (Å²) in [6.45, 7) is 3.68. The number of aliphatic hydroxyl groups excluding tert-OH is 1. The van der Waals surface area contributed by atoms with Crippen molar-refractivity contribution in [2.45, 2.75) is 171 Å². The fraction of sp³-hybridized carbons (Fsp3) is 0.444. The number of carbonyl (C=O) groups is 12. The average molecular weight is 1460 g/mol. The molecule has 2 heterocycles. The van der Waals surface area contributed by atoms with Crippen molar-refractivity contribution in [1.82, 2.24) is 62.6 Å². The van der Waals surface area contributed by atoms with Crippen LogP contribution in [0.2, 0.25) is 5.02 Å². The molecule has 6 rings (SSSR count). The van der Waals surface area contributed by atoms with Gasteiger partial charge in [-0.2, -0.15) is 0 Å². The lowest BCUT2D eigenvalue weighted by molar-refractivity contribution is -0.144. The van der Waals surface area contributed by atoms with Crippen LogP contribution in [-0.4, -0.2) is 196 Å². The van der Waals surface area contributed by atoms with Crippen LogP contribution in [0, 0.1) is 0 Å². The van der Waals surface area contributed by atoms with Gasteiger partial charge in [-0.05, 0) is 122 Å². The number of likely N-dealkylation sites (N-methyl/N-ethyl adjacent to an activating group) is 1. The summed E-state index contributed by atoms with van der Waals surface area (Å²) in [6.07, 6.45) is 4.27. The van der Waals surface area contributed by atoms with Crippen LogP contribution in [0.3, 0.4) is 0 Å². The molecule has 4 aromatic carbocycles. The minimum atomic E-state index is -1.83. The third kappa shape index (κ3) is 26.1. The maximum Gasteiger partial charge on any atom is 0.312 e. The number of pyridine rings is 1. The molecule has 104 heavy (non-hydrogen) atoms. The first-order valence-corrected chi connectivity index (χ1v) is 34.9. The van der Waals surface area contributed by atoms with Crippen LogP contribution >= 0.6 is 11.6 Å². The number of aromatic nitrogens is 1. The highest BCUT2D eigenvalue weighted by Gasteiger charge is 2.41. The number of hydrogen-bond acceptors (Lipinski definition) is 16. The summed E-state index contributed by atoms with van der Waals surface area (Å²) in [6, 6.07) is 14.0. The summed E-state index contributed by atoms with van der Waals surface area (Å²) in [5, 5.41) is 47.6. The Balaban J connectivity index is 1.28. The molecule has 1 aliphatic rings. The Morgan fingerprint density at radius 1 is 0.606 bits per heavy atom. The van der Waals surface area contributed by atoms with Gasteiger partial charge in [0.15, 0.2) is 5.96 Å². The summed E-state index contributed by atoms with van der Waals surface area (Å²) in [5.41, 5.74) is 23.9. The van der Waals surface area contributed by atoms with Crippen molar-refractivity contribution in [3.05, 3.63) is 143 Å². The molecule has 0 saturated carbocycles. The van der Waals surface area contributed by atoms with Gasteiger partial charge in [0.2, 0.25) is 65.0 Å². The Hall–Kier alpha value is -10.9. The number of unbranched alkanes of at least 4 members (excludes halogenated alkanes) is 2. The summed E-state index contributed by atoms with van der Waals surface area (Å²) in [4.78, 5) is 178. The minimum absolute atomic E-state index is 0.0278. The van der Waals surface area contributed by atoms with E-state index in [9.17, 15) is 63.0 Å². The van der Waals surface area contributed by atoms with Crippen molar-refractivity contribution >= 4 is 99.3 Å². The van der Waals surface area contributed by atoms with Crippen LogP contribution in [0.5, 0.6) is 5.75 Å². The topological polar surface area (TPSA) is 489 Å². The number of benzene rings is 4. The van der Waals surface area contributed by atoms with E-state index in [-0.39, 0.29) is 102 Å². The van der Waals surface area contributed by atoms with Crippen molar-refractivity contribution in [3.63, 3.8) is 0 Å². The van der Waals surface area contributed by atoms with Gasteiger partial charge >= 0.3 is 6.03 Å². The lowest BCUT2D eigenvalue weighted by atomic mass is 9.99. The molecule has 1 aliphatic heterocycles. The standard InChI is InChI=1S/C72H96ClN17O14/c1-5-6-17-52(63(96)85-54(19-12-33-79-71(75)76)70(103)90-34-13-20-59(90)67(100)81-42(2)61(74)94)83-62(95)53(18-9-10-32-80-72(77)104)84-68(101)60(39-45-24-29-51(93)30-25-45)89(4)69(102)58(41-91)88-66(99)57(38-47-14-11-31-78-40-47)87-65(98)56(36-44-22-27-50(73)28-23-44)86-64(97)55(82-43(3)92)37-46-21-26-48-15-7-8-16-49(48)35-46/h7-8,11,14-16,21-31,35,40,42,52-60,91,93H,5-6,9-10,12-13,17-20,32-34,36-39,41H2,1-4H3,(H2,74,94)(H,81,100)(H,82,92)(H,83,95)(H,84,101)(H,85,96)(H,86,97)(H,87,98)(H,88,99)(H4,75,76,79)(H3,77,80,104)/t42-,52+,53-,54+,55+,56-,57-,58+,59+,60+/m1/s1.